The highest BCUT2D eigenvalue weighted by molar-refractivity contribution is 6.33. The molecule has 1 heterocycles. The van der Waals surface area contributed by atoms with Crippen LogP contribution in [0.1, 0.15) is 5.56 Å². The number of aromatic nitrogens is 2. The van der Waals surface area contributed by atoms with Crippen LogP contribution in [0.3, 0.4) is 0 Å². The molecule has 5 nitrogen and oxygen atoms in total. The van der Waals surface area contributed by atoms with Crippen LogP contribution in [0.4, 0.5) is 10.5 Å². The molecule has 0 unspecified atom stereocenters. The second kappa shape index (κ2) is 6.54. The van der Waals surface area contributed by atoms with Crippen LogP contribution >= 0.6 is 23.2 Å². The molecule has 0 saturated heterocycles. The molecule has 0 radical (unpaired) electrons. The van der Waals surface area contributed by atoms with E-state index in [9.17, 15) is 4.79 Å². The lowest BCUT2D eigenvalue weighted by Gasteiger charge is -2.17. The Morgan fingerprint density at radius 2 is 1.95 bits per heavy atom. The Kier molecular flexibility index (Phi) is 4.76. The predicted octanol–water partition coefficient (Wildman–Crippen LogP) is 3.56. The van der Waals surface area contributed by atoms with Crippen molar-refractivity contribution >= 4 is 35.0 Å². The summed E-state index contributed by atoms with van der Waals surface area (Å²) in [5.74, 6) is 0. The van der Waals surface area contributed by atoms with E-state index in [-0.39, 0.29) is 16.9 Å². The second-order valence-electron chi connectivity index (χ2n) is 3.94. The van der Waals surface area contributed by atoms with Gasteiger partial charge in [0.1, 0.15) is 6.61 Å². The number of hydrogen-bond donors (Lipinski definition) is 0. The van der Waals surface area contributed by atoms with Gasteiger partial charge in [-0.25, -0.2) is 4.79 Å². The highest BCUT2D eigenvalue weighted by atomic mass is 35.5. The van der Waals surface area contributed by atoms with Crippen molar-refractivity contribution in [1.82, 2.24) is 10.2 Å². The minimum atomic E-state index is -0.556. The van der Waals surface area contributed by atoms with E-state index in [1.165, 1.54) is 18.0 Å². The Morgan fingerprint density at radius 3 is 2.65 bits per heavy atom. The first-order valence-corrected chi connectivity index (χ1v) is 6.46. The number of hydrogen-bond acceptors (Lipinski definition) is 4. The van der Waals surface area contributed by atoms with Gasteiger partial charge in [-0.3, -0.25) is 4.90 Å². The number of halogens is 2. The Balaban J connectivity index is 2.03. The summed E-state index contributed by atoms with van der Waals surface area (Å²) in [4.78, 5) is 13.2. The van der Waals surface area contributed by atoms with E-state index in [0.29, 0.717) is 5.69 Å². The second-order valence-corrected chi connectivity index (χ2v) is 4.69. The lowest BCUT2D eigenvalue weighted by molar-refractivity contribution is 0.148. The van der Waals surface area contributed by atoms with Gasteiger partial charge in [-0.1, -0.05) is 53.5 Å². The molecule has 2 rings (SSSR count). The summed E-state index contributed by atoms with van der Waals surface area (Å²) >= 11 is 11.6. The van der Waals surface area contributed by atoms with Gasteiger partial charge >= 0.3 is 6.09 Å². The zero-order valence-corrected chi connectivity index (χ0v) is 12.1. The van der Waals surface area contributed by atoms with Gasteiger partial charge in [-0.2, -0.15) is 0 Å². The molecule has 0 atom stereocenters. The molecule has 0 aliphatic carbocycles. The SMILES string of the molecule is CN(C(=O)OCc1ccccc1)c1cc(Cl)nnc1Cl. The topological polar surface area (TPSA) is 55.3 Å². The van der Waals surface area contributed by atoms with Crippen LogP contribution < -0.4 is 4.90 Å². The number of rotatable bonds is 3. The van der Waals surface area contributed by atoms with Gasteiger partial charge in [0.2, 0.25) is 0 Å². The molecule has 0 aliphatic heterocycles. The fraction of sp³-hybridized carbons (Fsp3) is 0.154. The number of carbonyl (C=O) groups excluding carboxylic acids is 1. The Bertz CT molecular complexity index is 608. The van der Waals surface area contributed by atoms with Gasteiger partial charge in [0, 0.05) is 13.1 Å². The smallest absolute Gasteiger partial charge is 0.414 e. The molecule has 0 aliphatic rings. The van der Waals surface area contributed by atoms with Crippen LogP contribution in [0.15, 0.2) is 36.4 Å². The molecule has 1 amide bonds. The number of ether oxygens (including phenoxy) is 1. The molecular formula is C13H11Cl2N3O2. The third-order valence-corrected chi connectivity index (χ3v) is 2.99. The first-order chi connectivity index (χ1) is 9.58. The minimum absolute atomic E-state index is 0.0774. The van der Waals surface area contributed by atoms with E-state index < -0.39 is 6.09 Å². The standard InChI is InChI=1S/C13H11Cl2N3O2/c1-18(10-7-11(14)16-17-12(10)15)13(19)20-8-9-5-3-2-4-6-9/h2-7H,8H2,1H3. The zero-order chi connectivity index (χ0) is 14.5. The lowest BCUT2D eigenvalue weighted by Crippen LogP contribution is -2.27. The average Bonchev–Trinajstić information content (AvgIpc) is 2.47. The molecular weight excluding hydrogens is 301 g/mol. The van der Waals surface area contributed by atoms with Crippen molar-refractivity contribution < 1.29 is 9.53 Å². The quantitative estimate of drug-likeness (QED) is 0.869. The van der Waals surface area contributed by atoms with E-state index in [2.05, 4.69) is 10.2 Å². The number of carbonyl (C=O) groups is 1. The van der Waals surface area contributed by atoms with Crippen LogP contribution in [-0.2, 0) is 11.3 Å². The van der Waals surface area contributed by atoms with Crippen molar-refractivity contribution in [3.63, 3.8) is 0 Å². The fourth-order valence-electron chi connectivity index (χ4n) is 1.49. The van der Waals surface area contributed by atoms with E-state index in [0.717, 1.165) is 5.56 Å². The number of benzene rings is 1. The summed E-state index contributed by atoms with van der Waals surface area (Å²) in [5.41, 5.74) is 1.23. The third-order valence-electron chi connectivity index (χ3n) is 2.54. The summed E-state index contributed by atoms with van der Waals surface area (Å²) in [6.07, 6.45) is -0.556. The number of anilines is 1. The van der Waals surface area contributed by atoms with E-state index in [1.54, 1.807) is 0 Å². The Labute approximate surface area is 126 Å². The largest absolute Gasteiger partial charge is 0.444 e. The average molecular weight is 312 g/mol. The van der Waals surface area contributed by atoms with Crippen molar-refractivity contribution in [2.24, 2.45) is 0 Å². The fourth-order valence-corrected chi connectivity index (χ4v) is 1.85. The molecule has 0 N–H and O–H groups in total. The Hall–Kier alpha value is -1.85. The first kappa shape index (κ1) is 14.6. The molecule has 1 aromatic heterocycles. The van der Waals surface area contributed by atoms with Crippen LogP contribution in [0.2, 0.25) is 10.3 Å². The van der Waals surface area contributed by atoms with Gasteiger partial charge in [0.25, 0.3) is 0 Å². The molecule has 0 spiro atoms. The van der Waals surface area contributed by atoms with Crippen LogP contribution in [0.5, 0.6) is 0 Å². The maximum Gasteiger partial charge on any atom is 0.414 e. The van der Waals surface area contributed by atoms with Crippen LogP contribution in [0.25, 0.3) is 0 Å². The first-order valence-electron chi connectivity index (χ1n) is 5.71. The molecule has 0 saturated carbocycles. The number of nitrogens with zero attached hydrogens (tertiary/aromatic N) is 3. The van der Waals surface area contributed by atoms with Crippen molar-refractivity contribution in [2.45, 2.75) is 6.61 Å². The van der Waals surface area contributed by atoms with E-state index in [1.807, 2.05) is 30.3 Å². The monoisotopic (exact) mass is 311 g/mol. The summed E-state index contributed by atoms with van der Waals surface area (Å²) in [6.45, 7) is 0.174. The molecule has 0 bridgehead atoms. The van der Waals surface area contributed by atoms with E-state index in [4.69, 9.17) is 27.9 Å². The normalized spacial score (nSPS) is 10.2. The Morgan fingerprint density at radius 1 is 1.25 bits per heavy atom. The molecule has 7 heteroatoms. The van der Waals surface area contributed by atoms with Gasteiger partial charge < -0.3 is 4.74 Å². The van der Waals surface area contributed by atoms with Gasteiger partial charge in [0.05, 0.1) is 5.69 Å². The van der Waals surface area contributed by atoms with Crippen LogP contribution in [-0.4, -0.2) is 23.3 Å². The maximum atomic E-state index is 11.9. The van der Waals surface area contributed by atoms with E-state index >= 15 is 0 Å². The van der Waals surface area contributed by atoms with Gasteiger partial charge in [-0.15, -0.1) is 10.2 Å². The summed E-state index contributed by atoms with van der Waals surface area (Å²) in [5, 5.41) is 7.44. The molecule has 1 aromatic carbocycles. The summed E-state index contributed by atoms with van der Waals surface area (Å²) in [7, 11) is 1.52. The summed E-state index contributed by atoms with van der Waals surface area (Å²) in [6, 6.07) is 10.8. The minimum Gasteiger partial charge on any atom is -0.444 e. The molecule has 20 heavy (non-hydrogen) atoms. The van der Waals surface area contributed by atoms with Crippen molar-refractivity contribution in [1.29, 1.82) is 0 Å². The van der Waals surface area contributed by atoms with Crippen LogP contribution in [0, 0.1) is 0 Å². The van der Waals surface area contributed by atoms with Gasteiger partial charge in [-0.05, 0) is 5.56 Å². The zero-order valence-electron chi connectivity index (χ0n) is 10.6. The van der Waals surface area contributed by atoms with Crippen molar-refractivity contribution in [3.8, 4) is 0 Å². The number of amides is 1. The molecule has 0 fully saturated rings. The molecule has 104 valence electrons. The summed E-state index contributed by atoms with van der Waals surface area (Å²) < 4.78 is 5.18. The highest BCUT2D eigenvalue weighted by Gasteiger charge is 2.17. The highest BCUT2D eigenvalue weighted by Crippen LogP contribution is 2.24. The predicted molar refractivity (Wildman–Crippen MR) is 77.1 cm³/mol. The van der Waals surface area contributed by atoms with Crippen molar-refractivity contribution in [3.05, 3.63) is 52.3 Å². The molecule has 2 aromatic rings. The third kappa shape index (κ3) is 3.59. The maximum absolute atomic E-state index is 11.9. The lowest BCUT2D eigenvalue weighted by atomic mass is 10.2. The van der Waals surface area contributed by atoms with Crippen molar-refractivity contribution in [2.75, 3.05) is 11.9 Å². The van der Waals surface area contributed by atoms with Gasteiger partial charge in [0.15, 0.2) is 10.3 Å².